The van der Waals surface area contributed by atoms with Crippen LogP contribution in [0.25, 0.3) is 22.6 Å². The van der Waals surface area contributed by atoms with E-state index >= 15 is 0 Å². The highest BCUT2D eigenvalue weighted by atomic mass is 79.9. The molecule has 2 aromatic carbocycles. The molecule has 0 atom stereocenters. The number of halogens is 1. The number of aryl methyl sites for hydroxylation is 3. The van der Waals surface area contributed by atoms with Crippen LogP contribution in [0, 0.1) is 20.8 Å². The van der Waals surface area contributed by atoms with Crippen LogP contribution in [0.5, 0.6) is 5.75 Å². The monoisotopic (exact) mass is 434 g/mol. The number of aromatic nitrogens is 2. The van der Waals surface area contributed by atoms with Gasteiger partial charge in [0.05, 0.1) is 18.5 Å². The van der Waals surface area contributed by atoms with Crippen molar-refractivity contribution in [2.24, 2.45) is 0 Å². The zero-order valence-electron chi connectivity index (χ0n) is 16.5. The summed E-state index contributed by atoms with van der Waals surface area (Å²) in [6.45, 7) is 6.34. The van der Waals surface area contributed by atoms with Crippen LogP contribution in [0.4, 0.5) is 0 Å². The molecule has 4 aromatic rings. The second-order valence-corrected chi connectivity index (χ2v) is 7.85. The van der Waals surface area contributed by atoms with Crippen LogP contribution in [0.3, 0.4) is 0 Å². The maximum atomic E-state index is 5.82. The lowest BCUT2D eigenvalue weighted by atomic mass is 10.1. The average molecular weight is 435 g/mol. The maximum Gasteiger partial charge on any atom is 0.146 e. The Labute approximate surface area is 174 Å². The largest absolute Gasteiger partial charge is 0.494 e. The van der Waals surface area contributed by atoms with Gasteiger partial charge in [-0.15, -0.1) is 0 Å². The summed E-state index contributed by atoms with van der Waals surface area (Å²) in [5.41, 5.74) is 7.96. The fourth-order valence-corrected chi connectivity index (χ4v) is 4.41. The molecule has 0 radical (unpaired) electrons. The van der Waals surface area contributed by atoms with Crippen molar-refractivity contribution in [3.8, 4) is 28.4 Å². The molecule has 0 aliphatic carbocycles. The molecule has 0 unspecified atom stereocenters. The molecule has 0 amide bonds. The molecule has 0 fully saturated rings. The summed E-state index contributed by atoms with van der Waals surface area (Å²) < 4.78 is 11.3. The standard InChI is InChI=1S/C24H23BrN2O/c1-16-10-11-17(2)26(16)24-21(25)14-20(15-23(24)28-4)27-18(3)12-13-22(27)19-8-6-5-7-9-19/h5-15H,1-4H3. The van der Waals surface area contributed by atoms with Crippen LogP contribution in [0.1, 0.15) is 17.1 Å². The summed E-state index contributed by atoms with van der Waals surface area (Å²) in [6, 6.07) is 23.3. The van der Waals surface area contributed by atoms with Gasteiger partial charge in [0.15, 0.2) is 0 Å². The lowest BCUT2D eigenvalue weighted by molar-refractivity contribution is 0.412. The van der Waals surface area contributed by atoms with E-state index in [0.29, 0.717) is 0 Å². The molecular weight excluding hydrogens is 412 g/mol. The van der Waals surface area contributed by atoms with Crippen LogP contribution in [0.2, 0.25) is 0 Å². The molecule has 2 heterocycles. The molecule has 0 saturated heterocycles. The third kappa shape index (κ3) is 3.08. The second kappa shape index (κ2) is 7.36. The number of nitrogens with zero attached hydrogens (tertiary/aromatic N) is 2. The molecule has 0 aliphatic rings. The third-order valence-electron chi connectivity index (χ3n) is 5.13. The van der Waals surface area contributed by atoms with E-state index in [-0.39, 0.29) is 0 Å². The summed E-state index contributed by atoms with van der Waals surface area (Å²) >= 11 is 3.81. The molecule has 0 spiro atoms. The first-order valence-electron chi connectivity index (χ1n) is 9.28. The summed E-state index contributed by atoms with van der Waals surface area (Å²) in [5, 5.41) is 0. The molecule has 4 rings (SSSR count). The van der Waals surface area contributed by atoms with E-state index in [1.165, 1.54) is 22.6 Å². The molecule has 0 N–H and O–H groups in total. The zero-order chi connectivity index (χ0) is 19.8. The Bertz CT molecular complexity index is 1120. The van der Waals surface area contributed by atoms with Crippen LogP contribution in [-0.4, -0.2) is 16.2 Å². The van der Waals surface area contributed by atoms with Gasteiger partial charge in [0, 0.05) is 27.6 Å². The quantitative estimate of drug-likeness (QED) is 0.352. The van der Waals surface area contributed by atoms with Gasteiger partial charge >= 0.3 is 0 Å². The molecule has 0 saturated carbocycles. The number of hydrogen-bond donors (Lipinski definition) is 0. The van der Waals surface area contributed by atoms with Crippen molar-refractivity contribution in [3.63, 3.8) is 0 Å². The molecule has 0 aliphatic heterocycles. The Balaban J connectivity index is 1.93. The van der Waals surface area contributed by atoms with Crippen molar-refractivity contribution in [3.05, 3.63) is 88.3 Å². The van der Waals surface area contributed by atoms with Gasteiger partial charge in [0.2, 0.25) is 0 Å². The van der Waals surface area contributed by atoms with Gasteiger partial charge in [-0.05, 0) is 72.6 Å². The highest BCUT2D eigenvalue weighted by molar-refractivity contribution is 9.10. The van der Waals surface area contributed by atoms with Gasteiger partial charge in [-0.25, -0.2) is 0 Å². The average Bonchev–Trinajstić information content (AvgIpc) is 3.24. The van der Waals surface area contributed by atoms with Gasteiger partial charge in [0.1, 0.15) is 11.4 Å². The van der Waals surface area contributed by atoms with Crippen molar-refractivity contribution in [2.45, 2.75) is 20.8 Å². The summed E-state index contributed by atoms with van der Waals surface area (Å²) in [7, 11) is 1.73. The van der Waals surface area contributed by atoms with Crippen LogP contribution in [-0.2, 0) is 0 Å². The number of benzene rings is 2. The summed E-state index contributed by atoms with van der Waals surface area (Å²) in [4.78, 5) is 0. The van der Waals surface area contributed by atoms with E-state index in [1.807, 2.05) is 6.07 Å². The van der Waals surface area contributed by atoms with Gasteiger partial charge in [-0.2, -0.15) is 0 Å². The minimum atomic E-state index is 0.832. The highest BCUT2D eigenvalue weighted by Gasteiger charge is 2.18. The van der Waals surface area contributed by atoms with E-state index < -0.39 is 0 Å². The first-order valence-corrected chi connectivity index (χ1v) is 10.1. The predicted octanol–water partition coefficient (Wildman–Crippen LogP) is 6.63. The summed E-state index contributed by atoms with van der Waals surface area (Å²) in [6.07, 6.45) is 0. The molecular formula is C24H23BrN2O. The molecule has 142 valence electrons. The summed E-state index contributed by atoms with van der Waals surface area (Å²) in [5.74, 6) is 0.832. The van der Waals surface area contributed by atoms with Crippen molar-refractivity contribution in [1.29, 1.82) is 0 Å². The fourth-order valence-electron chi connectivity index (χ4n) is 3.80. The van der Waals surface area contributed by atoms with Crippen LogP contribution >= 0.6 is 15.9 Å². The molecule has 3 nitrogen and oxygen atoms in total. The van der Waals surface area contributed by atoms with E-state index in [9.17, 15) is 0 Å². The lowest BCUT2D eigenvalue weighted by Gasteiger charge is -2.19. The fraction of sp³-hybridized carbons (Fsp3) is 0.167. The van der Waals surface area contributed by atoms with Gasteiger partial charge in [0.25, 0.3) is 0 Å². The lowest BCUT2D eigenvalue weighted by Crippen LogP contribution is -2.06. The van der Waals surface area contributed by atoms with E-state index in [0.717, 1.165) is 27.3 Å². The van der Waals surface area contributed by atoms with Gasteiger partial charge < -0.3 is 13.9 Å². The Kier molecular flexibility index (Phi) is 4.90. The molecule has 2 aromatic heterocycles. The zero-order valence-corrected chi connectivity index (χ0v) is 18.1. The SMILES string of the molecule is COc1cc(-n2c(C)ccc2-c2ccccc2)cc(Br)c1-n1c(C)ccc1C. The Morgan fingerprint density at radius 1 is 0.750 bits per heavy atom. The second-order valence-electron chi connectivity index (χ2n) is 6.99. The molecule has 0 bridgehead atoms. The Hall–Kier alpha value is -2.72. The smallest absolute Gasteiger partial charge is 0.146 e. The third-order valence-corrected chi connectivity index (χ3v) is 5.74. The number of rotatable bonds is 4. The Morgan fingerprint density at radius 2 is 1.36 bits per heavy atom. The minimum Gasteiger partial charge on any atom is -0.494 e. The van der Waals surface area contributed by atoms with Crippen molar-refractivity contribution < 1.29 is 4.74 Å². The van der Waals surface area contributed by atoms with E-state index in [1.54, 1.807) is 7.11 Å². The number of methoxy groups -OCH3 is 1. The van der Waals surface area contributed by atoms with Gasteiger partial charge in [-0.3, -0.25) is 0 Å². The van der Waals surface area contributed by atoms with Crippen molar-refractivity contribution >= 4 is 15.9 Å². The highest BCUT2D eigenvalue weighted by Crippen LogP contribution is 2.37. The van der Waals surface area contributed by atoms with E-state index in [4.69, 9.17) is 4.74 Å². The Morgan fingerprint density at radius 3 is 2.00 bits per heavy atom. The first kappa shape index (κ1) is 18.6. The maximum absolute atomic E-state index is 5.82. The van der Waals surface area contributed by atoms with Crippen LogP contribution < -0.4 is 4.74 Å². The molecule has 28 heavy (non-hydrogen) atoms. The van der Waals surface area contributed by atoms with Crippen molar-refractivity contribution in [1.82, 2.24) is 9.13 Å². The molecule has 4 heteroatoms. The van der Waals surface area contributed by atoms with Gasteiger partial charge in [-0.1, -0.05) is 30.3 Å². The minimum absolute atomic E-state index is 0.832. The first-order chi connectivity index (χ1) is 13.5. The predicted molar refractivity (Wildman–Crippen MR) is 119 cm³/mol. The van der Waals surface area contributed by atoms with Crippen LogP contribution in [0.15, 0.2) is 71.2 Å². The topological polar surface area (TPSA) is 19.1 Å². The number of hydrogen-bond acceptors (Lipinski definition) is 1. The normalized spacial score (nSPS) is 11.0. The number of ether oxygens (including phenoxy) is 1. The van der Waals surface area contributed by atoms with Crippen molar-refractivity contribution in [2.75, 3.05) is 7.11 Å². The van der Waals surface area contributed by atoms with E-state index in [2.05, 4.69) is 106 Å².